The molecule has 0 atom stereocenters. The van der Waals surface area contributed by atoms with Crippen LogP contribution in [0.1, 0.15) is 28.8 Å². The number of halogens is 3. The van der Waals surface area contributed by atoms with Gasteiger partial charge >= 0.3 is 0 Å². The second-order valence-electron chi connectivity index (χ2n) is 2.90. The van der Waals surface area contributed by atoms with Gasteiger partial charge in [0.1, 0.15) is 11.8 Å². The Bertz CT molecular complexity index is 474. The molecule has 0 spiro atoms. The van der Waals surface area contributed by atoms with Crippen molar-refractivity contribution in [3.63, 3.8) is 0 Å². The molecule has 0 amide bonds. The van der Waals surface area contributed by atoms with Gasteiger partial charge in [0.05, 0.1) is 18.1 Å². The van der Waals surface area contributed by atoms with Gasteiger partial charge in [0.15, 0.2) is 0 Å². The Morgan fingerprint density at radius 3 is 2.50 bits per heavy atom. The molecular weight excluding hydrogens is 280 g/mol. The van der Waals surface area contributed by atoms with Crippen LogP contribution < -0.4 is 0 Å². The molecule has 82 valence electrons. The summed E-state index contributed by atoms with van der Waals surface area (Å²) in [4.78, 5) is 3.55. The van der Waals surface area contributed by atoms with Crippen LogP contribution in [0.15, 0.2) is 6.20 Å². The van der Waals surface area contributed by atoms with Crippen LogP contribution in [0.3, 0.4) is 0 Å². The van der Waals surface area contributed by atoms with Crippen molar-refractivity contribution < 1.29 is 8.78 Å². The Morgan fingerprint density at radius 2 is 2.06 bits per heavy atom. The monoisotopic (exact) mass is 285 g/mol. The first-order chi connectivity index (χ1) is 7.65. The number of alkyl halides is 3. The molecule has 0 bridgehead atoms. The number of pyridine rings is 1. The van der Waals surface area contributed by atoms with Crippen molar-refractivity contribution >= 4 is 15.9 Å². The average Bonchev–Trinajstić information content (AvgIpc) is 2.28. The third-order valence-electron chi connectivity index (χ3n) is 2.05. The highest BCUT2D eigenvalue weighted by Crippen LogP contribution is 2.27. The number of hydrogen-bond acceptors (Lipinski definition) is 3. The third kappa shape index (κ3) is 2.34. The maximum Gasteiger partial charge on any atom is 0.280 e. The minimum Gasteiger partial charge on any atom is -0.254 e. The summed E-state index contributed by atoms with van der Waals surface area (Å²) in [5.41, 5.74) is 0.351. The van der Waals surface area contributed by atoms with Gasteiger partial charge in [-0.3, -0.25) is 4.98 Å². The van der Waals surface area contributed by atoms with Crippen molar-refractivity contribution in [1.29, 1.82) is 10.5 Å². The van der Waals surface area contributed by atoms with Crippen LogP contribution in [0, 0.1) is 22.7 Å². The molecule has 6 heteroatoms. The molecule has 0 aliphatic heterocycles. The van der Waals surface area contributed by atoms with Crippen LogP contribution in [0.4, 0.5) is 8.78 Å². The predicted octanol–water partition coefficient (Wildman–Crippen LogP) is 2.85. The van der Waals surface area contributed by atoms with Crippen molar-refractivity contribution in [2.75, 3.05) is 0 Å². The first-order valence-corrected chi connectivity index (χ1v) is 5.39. The predicted molar refractivity (Wildman–Crippen MR) is 55.9 cm³/mol. The lowest BCUT2D eigenvalue weighted by Gasteiger charge is -2.10. The zero-order chi connectivity index (χ0) is 12.1. The van der Waals surface area contributed by atoms with E-state index in [0.717, 1.165) is 6.20 Å². The Labute approximate surface area is 99.5 Å². The molecule has 1 aromatic heterocycles. The maximum absolute atomic E-state index is 12.6. The third-order valence-corrected chi connectivity index (χ3v) is 2.61. The van der Waals surface area contributed by atoms with Crippen molar-refractivity contribution in [3.8, 4) is 12.1 Å². The van der Waals surface area contributed by atoms with Gasteiger partial charge in [-0.05, 0) is 11.1 Å². The molecule has 0 aromatic carbocycles. The van der Waals surface area contributed by atoms with Crippen molar-refractivity contribution in [2.24, 2.45) is 0 Å². The van der Waals surface area contributed by atoms with Crippen LogP contribution in [-0.4, -0.2) is 4.98 Å². The molecule has 0 N–H and O–H groups in total. The number of nitrogens with zero attached hydrogens (tertiary/aromatic N) is 3. The minimum absolute atomic E-state index is 0.0773. The lowest BCUT2D eigenvalue weighted by Crippen LogP contribution is -2.04. The first kappa shape index (κ1) is 12.5. The van der Waals surface area contributed by atoms with Crippen LogP contribution in [-0.2, 0) is 11.8 Å². The van der Waals surface area contributed by atoms with Gasteiger partial charge in [-0.1, -0.05) is 15.9 Å². The number of hydrogen-bond donors (Lipinski definition) is 0. The fourth-order valence-corrected chi connectivity index (χ4v) is 1.95. The van der Waals surface area contributed by atoms with E-state index in [-0.39, 0.29) is 28.6 Å². The average molecular weight is 286 g/mol. The van der Waals surface area contributed by atoms with E-state index in [9.17, 15) is 8.78 Å². The van der Waals surface area contributed by atoms with Crippen LogP contribution in [0.5, 0.6) is 0 Å². The van der Waals surface area contributed by atoms with Crippen LogP contribution in [0.2, 0.25) is 0 Å². The molecule has 0 unspecified atom stereocenters. The van der Waals surface area contributed by atoms with Gasteiger partial charge in [0, 0.05) is 11.5 Å². The first-order valence-electron chi connectivity index (χ1n) is 4.27. The lowest BCUT2D eigenvalue weighted by atomic mass is 10.0. The molecule has 0 aliphatic carbocycles. The SMILES string of the molecule is N#CCc1c(C#N)cnc(C(F)F)c1CBr. The molecule has 0 radical (unpaired) electrons. The van der Waals surface area contributed by atoms with E-state index in [1.54, 1.807) is 0 Å². The topological polar surface area (TPSA) is 60.5 Å². The summed E-state index contributed by atoms with van der Waals surface area (Å²) in [7, 11) is 0. The molecule has 0 aliphatic rings. The smallest absolute Gasteiger partial charge is 0.254 e. The van der Waals surface area contributed by atoms with Crippen molar-refractivity contribution in [1.82, 2.24) is 4.98 Å². The summed E-state index contributed by atoms with van der Waals surface area (Å²) in [5, 5.41) is 17.5. The van der Waals surface area contributed by atoms with E-state index in [0.29, 0.717) is 5.56 Å². The minimum atomic E-state index is -2.71. The highest BCUT2D eigenvalue weighted by Gasteiger charge is 2.19. The number of rotatable bonds is 3. The van der Waals surface area contributed by atoms with E-state index in [2.05, 4.69) is 20.9 Å². The zero-order valence-electron chi connectivity index (χ0n) is 8.04. The molecule has 1 aromatic rings. The van der Waals surface area contributed by atoms with Gasteiger partial charge in [0.25, 0.3) is 6.43 Å². The van der Waals surface area contributed by atoms with Gasteiger partial charge in [0.2, 0.25) is 0 Å². The second-order valence-corrected chi connectivity index (χ2v) is 3.46. The molecule has 1 heterocycles. The van der Waals surface area contributed by atoms with Crippen LogP contribution in [0.25, 0.3) is 0 Å². The van der Waals surface area contributed by atoms with Gasteiger partial charge in [-0.2, -0.15) is 10.5 Å². The normalized spacial score (nSPS) is 9.88. The molecular formula is C10H6BrF2N3. The fraction of sp³-hybridized carbons (Fsp3) is 0.300. The molecule has 16 heavy (non-hydrogen) atoms. The molecule has 3 nitrogen and oxygen atoms in total. The molecule has 0 saturated carbocycles. The summed E-state index contributed by atoms with van der Waals surface area (Å²) in [6, 6.07) is 3.70. The lowest BCUT2D eigenvalue weighted by molar-refractivity contribution is 0.145. The summed E-state index contributed by atoms with van der Waals surface area (Å²) >= 11 is 3.07. The molecule has 0 fully saturated rings. The number of aromatic nitrogens is 1. The Hall–Kier alpha value is -1.53. The second kappa shape index (κ2) is 5.53. The fourth-order valence-electron chi connectivity index (χ4n) is 1.32. The van der Waals surface area contributed by atoms with Gasteiger partial charge in [-0.15, -0.1) is 0 Å². The maximum atomic E-state index is 12.6. The Morgan fingerprint density at radius 1 is 1.38 bits per heavy atom. The standard InChI is InChI=1S/C10H6BrF2N3/c11-3-8-7(1-2-14)6(4-15)5-16-9(8)10(12)13/h5,10H,1,3H2. The van der Waals surface area contributed by atoms with E-state index in [4.69, 9.17) is 10.5 Å². The zero-order valence-corrected chi connectivity index (χ0v) is 9.63. The van der Waals surface area contributed by atoms with Crippen molar-refractivity contribution in [2.45, 2.75) is 18.2 Å². The highest BCUT2D eigenvalue weighted by molar-refractivity contribution is 9.08. The Kier molecular flexibility index (Phi) is 4.33. The largest absolute Gasteiger partial charge is 0.280 e. The van der Waals surface area contributed by atoms with Crippen molar-refractivity contribution in [3.05, 3.63) is 28.6 Å². The summed E-state index contributed by atoms with van der Waals surface area (Å²) < 4.78 is 25.2. The summed E-state index contributed by atoms with van der Waals surface area (Å²) in [6.45, 7) is 0. The van der Waals surface area contributed by atoms with E-state index in [1.165, 1.54) is 0 Å². The van der Waals surface area contributed by atoms with E-state index < -0.39 is 6.43 Å². The van der Waals surface area contributed by atoms with E-state index in [1.807, 2.05) is 12.1 Å². The molecule has 1 rings (SSSR count). The van der Waals surface area contributed by atoms with E-state index >= 15 is 0 Å². The molecule has 0 saturated heterocycles. The summed E-state index contributed by atoms with van der Waals surface area (Å²) in [5.74, 6) is 0. The van der Waals surface area contributed by atoms with Gasteiger partial charge < -0.3 is 0 Å². The Balaban J connectivity index is 3.45. The highest BCUT2D eigenvalue weighted by atomic mass is 79.9. The quantitative estimate of drug-likeness (QED) is 0.803. The number of nitriles is 2. The summed E-state index contributed by atoms with van der Waals surface area (Å²) in [6.07, 6.45) is -1.70. The van der Waals surface area contributed by atoms with Crippen LogP contribution >= 0.6 is 15.9 Å². The van der Waals surface area contributed by atoms with Gasteiger partial charge in [-0.25, -0.2) is 8.78 Å².